The number of rotatable bonds is 5. The molecular weight excluding hydrogens is 446 g/mol. The number of piperidine rings is 1. The van der Waals surface area contributed by atoms with E-state index in [1.54, 1.807) is 0 Å². The van der Waals surface area contributed by atoms with Gasteiger partial charge in [0.15, 0.2) is 0 Å². The van der Waals surface area contributed by atoms with E-state index in [-0.39, 0.29) is 0 Å². The molecule has 0 bridgehead atoms. The first kappa shape index (κ1) is 23.7. The molecule has 0 unspecified atom stereocenters. The highest BCUT2D eigenvalue weighted by Crippen LogP contribution is 2.38. The molecular formula is C29H31N7. The second-order valence-electron chi connectivity index (χ2n) is 9.52. The maximum Gasteiger partial charge on any atom is 0.211 e. The number of anilines is 1. The van der Waals surface area contributed by atoms with Crippen LogP contribution in [0.15, 0.2) is 59.9 Å². The predicted octanol–water partition coefficient (Wildman–Crippen LogP) is 5.50. The molecule has 36 heavy (non-hydrogen) atoms. The molecule has 1 aliphatic rings. The maximum atomic E-state index is 9.32. The number of fused-ring (bicyclic) bond motifs is 1. The topological polar surface area (TPSA) is 72.8 Å². The Morgan fingerprint density at radius 1 is 1.08 bits per heavy atom. The quantitative estimate of drug-likeness (QED) is 0.355. The van der Waals surface area contributed by atoms with E-state index in [2.05, 4.69) is 64.5 Å². The highest BCUT2D eigenvalue weighted by atomic mass is 15.3. The zero-order valence-electron chi connectivity index (χ0n) is 21.3. The molecule has 5 rings (SSSR count). The second-order valence-corrected chi connectivity index (χ2v) is 9.52. The Morgan fingerprint density at radius 3 is 2.47 bits per heavy atom. The fourth-order valence-electron chi connectivity index (χ4n) is 4.99. The number of benzene rings is 2. The summed E-state index contributed by atoms with van der Waals surface area (Å²) in [6, 6.07) is 16.8. The van der Waals surface area contributed by atoms with E-state index in [9.17, 15) is 5.26 Å². The van der Waals surface area contributed by atoms with Crippen molar-refractivity contribution in [2.75, 3.05) is 32.1 Å². The number of nitrogens with zero attached hydrogens (tertiary/aromatic N) is 7. The highest BCUT2D eigenvalue weighted by molar-refractivity contribution is 5.92. The molecule has 182 valence electrons. The molecule has 0 radical (unpaired) electrons. The van der Waals surface area contributed by atoms with Gasteiger partial charge in [-0.2, -0.15) is 5.26 Å². The Hall–Kier alpha value is -4.02. The van der Waals surface area contributed by atoms with Gasteiger partial charge in [0, 0.05) is 43.3 Å². The van der Waals surface area contributed by atoms with Crippen molar-refractivity contribution in [1.82, 2.24) is 19.3 Å². The number of imidazole rings is 1. The third-order valence-corrected chi connectivity index (χ3v) is 7.06. The average molecular weight is 478 g/mol. The third kappa shape index (κ3) is 4.36. The van der Waals surface area contributed by atoms with E-state index in [4.69, 9.17) is 9.97 Å². The van der Waals surface area contributed by atoms with Gasteiger partial charge in [0.05, 0.1) is 28.6 Å². The first-order chi connectivity index (χ1) is 17.5. The van der Waals surface area contributed by atoms with E-state index in [1.165, 1.54) is 0 Å². The average Bonchev–Trinajstić information content (AvgIpc) is 3.39. The first-order valence-corrected chi connectivity index (χ1v) is 12.4. The normalized spacial score (nSPS) is 14.7. The van der Waals surface area contributed by atoms with Crippen LogP contribution in [0.2, 0.25) is 0 Å². The molecule has 0 atom stereocenters. The minimum absolute atomic E-state index is 0.585. The Morgan fingerprint density at radius 2 is 1.81 bits per heavy atom. The van der Waals surface area contributed by atoms with Gasteiger partial charge in [-0.05, 0) is 70.1 Å². The lowest BCUT2D eigenvalue weighted by Gasteiger charge is -2.36. The summed E-state index contributed by atoms with van der Waals surface area (Å²) in [5, 5.41) is 9.32. The molecule has 1 saturated heterocycles. The fourth-order valence-corrected chi connectivity index (χ4v) is 4.99. The van der Waals surface area contributed by atoms with Crippen LogP contribution < -0.4 is 4.90 Å². The van der Waals surface area contributed by atoms with E-state index in [0.29, 0.717) is 11.6 Å². The summed E-state index contributed by atoms with van der Waals surface area (Å²) in [5.74, 6) is 0.904. The van der Waals surface area contributed by atoms with Gasteiger partial charge in [0.1, 0.15) is 5.65 Å². The van der Waals surface area contributed by atoms with Gasteiger partial charge in [-0.1, -0.05) is 24.3 Å². The monoisotopic (exact) mass is 477 g/mol. The fraction of sp³-hybridized carbons (Fsp3) is 0.310. The third-order valence-electron chi connectivity index (χ3n) is 7.06. The molecule has 2 aromatic heterocycles. The van der Waals surface area contributed by atoms with Crippen molar-refractivity contribution in [3.63, 3.8) is 0 Å². The summed E-state index contributed by atoms with van der Waals surface area (Å²) >= 11 is 0. The van der Waals surface area contributed by atoms with Gasteiger partial charge < -0.3 is 9.80 Å². The van der Waals surface area contributed by atoms with Crippen molar-refractivity contribution in [1.29, 1.82) is 5.26 Å². The summed E-state index contributed by atoms with van der Waals surface area (Å²) in [7, 11) is 4.31. The molecule has 7 heteroatoms. The van der Waals surface area contributed by atoms with Gasteiger partial charge in [-0.25, -0.2) is 9.97 Å². The minimum Gasteiger partial charge on any atom is -0.342 e. The van der Waals surface area contributed by atoms with Crippen LogP contribution in [0.5, 0.6) is 0 Å². The summed E-state index contributed by atoms with van der Waals surface area (Å²) in [4.78, 5) is 19.4. The lowest BCUT2D eigenvalue weighted by atomic mass is 9.97. The van der Waals surface area contributed by atoms with Crippen LogP contribution in [0, 0.1) is 18.3 Å². The maximum absolute atomic E-state index is 9.32. The Bertz CT molecular complexity index is 1450. The Labute approximate surface area is 212 Å². The van der Waals surface area contributed by atoms with E-state index < -0.39 is 0 Å². The van der Waals surface area contributed by atoms with Crippen molar-refractivity contribution in [2.45, 2.75) is 32.7 Å². The summed E-state index contributed by atoms with van der Waals surface area (Å²) < 4.78 is 2.11. The van der Waals surface area contributed by atoms with Gasteiger partial charge in [0.2, 0.25) is 5.95 Å². The van der Waals surface area contributed by atoms with Crippen molar-refractivity contribution in [2.24, 2.45) is 4.99 Å². The van der Waals surface area contributed by atoms with Crippen LogP contribution in [0.1, 0.15) is 30.9 Å². The van der Waals surface area contributed by atoms with Gasteiger partial charge in [-0.15, -0.1) is 0 Å². The zero-order chi connectivity index (χ0) is 25.2. The lowest BCUT2D eigenvalue weighted by molar-refractivity contribution is 0.249. The van der Waals surface area contributed by atoms with E-state index >= 15 is 0 Å². The van der Waals surface area contributed by atoms with Gasteiger partial charge in [-0.3, -0.25) is 9.39 Å². The van der Waals surface area contributed by atoms with E-state index in [1.807, 2.05) is 49.8 Å². The molecule has 4 aromatic rings. The molecule has 0 N–H and O–H groups in total. The predicted molar refractivity (Wildman–Crippen MR) is 146 cm³/mol. The molecule has 7 nitrogen and oxygen atoms in total. The van der Waals surface area contributed by atoms with Crippen LogP contribution in [0.25, 0.3) is 28.0 Å². The van der Waals surface area contributed by atoms with Crippen molar-refractivity contribution in [3.05, 3.63) is 66.0 Å². The number of nitriles is 1. The number of hydrogen-bond donors (Lipinski definition) is 0. The Kier molecular flexibility index (Phi) is 6.53. The SMILES string of the molecule is C/C=N\c1cc(-c2c(-c3ccc(C#N)cc3)nc(N3CCC(N(C)C)CC3)n3ccnc23)ccc1C. The molecule has 0 spiro atoms. The molecule has 1 aliphatic heterocycles. The number of aryl methyl sites for hydroxylation is 1. The molecule has 3 heterocycles. The minimum atomic E-state index is 0.585. The molecule has 1 fully saturated rings. The first-order valence-electron chi connectivity index (χ1n) is 12.4. The number of hydrogen-bond acceptors (Lipinski definition) is 6. The van der Waals surface area contributed by atoms with E-state index in [0.717, 1.165) is 71.2 Å². The zero-order valence-corrected chi connectivity index (χ0v) is 21.3. The van der Waals surface area contributed by atoms with Gasteiger partial charge >= 0.3 is 0 Å². The smallest absolute Gasteiger partial charge is 0.211 e. The summed E-state index contributed by atoms with van der Waals surface area (Å²) in [6.45, 7) is 5.87. The van der Waals surface area contributed by atoms with Crippen LogP contribution in [-0.4, -0.2) is 58.7 Å². The number of aromatic nitrogens is 3. The lowest BCUT2D eigenvalue weighted by Crippen LogP contribution is -2.43. The van der Waals surface area contributed by atoms with Gasteiger partial charge in [0.25, 0.3) is 0 Å². The molecule has 0 aliphatic carbocycles. The van der Waals surface area contributed by atoms with Crippen molar-refractivity contribution >= 4 is 23.5 Å². The Balaban J connectivity index is 1.71. The molecule has 2 aromatic carbocycles. The highest BCUT2D eigenvalue weighted by Gasteiger charge is 2.26. The van der Waals surface area contributed by atoms with Crippen molar-refractivity contribution < 1.29 is 0 Å². The largest absolute Gasteiger partial charge is 0.342 e. The number of aliphatic imine (C=N–C) groups is 1. The van der Waals surface area contributed by atoms with Crippen LogP contribution in [0.4, 0.5) is 11.6 Å². The second kappa shape index (κ2) is 9.92. The van der Waals surface area contributed by atoms with Crippen molar-refractivity contribution in [3.8, 4) is 28.5 Å². The van der Waals surface area contributed by atoms with Crippen LogP contribution in [-0.2, 0) is 0 Å². The van der Waals surface area contributed by atoms with Crippen LogP contribution >= 0.6 is 0 Å². The van der Waals surface area contributed by atoms with Crippen LogP contribution in [0.3, 0.4) is 0 Å². The molecule has 0 amide bonds. The standard InChI is InChI=1S/C29H31N7/c1-5-31-25-18-23(9-6-20(25)2)26-27(22-10-7-21(19-30)8-11-22)33-29(36-17-14-32-28(26)36)35-15-12-24(13-16-35)34(3)4/h5-11,14,17-18,24H,12-13,15-16H2,1-4H3/b31-5-. The summed E-state index contributed by atoms with van der Waals surface area (Å²) in [6.07, 6.45) is 7.85. The molecule has 0 saturated carbocycles. The summed E-state index contributed by atoms with van der Waals surface area (Å²) in [5.41, 5.74) is 7.34.